The predicted octanol–water partition coefficient (Wildman–Crippen LogP) is 0.152. The van der Waals surface area contributed by atoms with Crippen LogP contribution in [0.4, 0.5) is 0 Å². The van der Waals surface area contributed by atoms with Gasteiger partial charge in [0.15, 0.2) is 0 Å². The van der Waals surface area contributed by atoms with Gasteiger partial charge in [-0.25, -0.2) is 0 Å². The molecule has 0 radical (unpaired) electrons. The molecule has 0 saturated carbocycles. The second-order valence-electron chi connectivity index (χ2n) is 5.69. The van der Waals surface area contributed by atoms with Crippen molar-refractivity contribution in [3.05, 3.63) is 30.3 Å². The van der Waals surface area contributed by atoms with Gasteiger partial charge < -0.3 is 24.0 Å². The van der Waals surface area contributed by atoms with E-state index in [1.54, 1.807) is 21.9 Å². The fourth-order valence-electron chi connectivity index (χ4n) is 2.74. The Balaban J connectivity index is 1.76. The Labute approximate surface area is 141 Å². The summed E-state index contributed by atoms with van der Waals surface area (Å²) >= 11 is 0. The Morgan fingerprint density at radius 3 is 1.75 bits per heavy atom. The van der Waals surface area contributed by atoms with E-state index in [0.717, 1.165) is 0 Å². The van der Waals surface area contributed by atoms with Gasteiger partial charge in [0.1, 0.15) is 5.75 Å². The zero-order valence-electron chi connectivity index (χ0n) is 13.6. The maximum atomic E-state index is 12.9. The van der Waals surface area contributed by atoms with Crippen molar-refractivity contribution in [2.75, 3.05) is 52.6 Å². The number of benzene rings is 1. The maximum Gasteiger partial charge on any atom is 0.273 e. The molecule has 0 spiro atoms. The number of morpholine rings is 2. The molecule has 2 heterocycles. The zero-order valence-corrected chi connectivity index (χ0v) is 13.6. The third-order valence-corrected chi connectivity index (χ3v) is 4.09. The average Bonchev–Trinajstić information content (AvgIpc) is 2.67. The van der Waals surface area contributed by atoms with Crippen molar-refractivity contribution in [2.45, 2.75) is 6.10 Å². The van der Waals surface area contributed by atoms with E-state index in [0.29, 0.717) is 58.4 Å². The Morgan fingerprint density at radius 2 is 1.29 bits per heavy atom. The summed E-state index contributed by atoms with van der Waals surface area (Å²) in [5.41, 5.74) is 0. The van der Waals surface area contributed by atoms with Crippen molar-refractivity contribution in [1.29, 1.82) is 0 Å². The fourth-order valence-corrected chi connectivity index (χ4v) is 2.74. The predicted molar refractivity (Wildman–Crippen MR) is 85.7 cm³/mol. The molecule has 1 aromatic carbocycles. The molecule has 2 aliphatic rings. The lowest BCUT2D eigenvalue weighted by atomic mass is 10.2. The van der Waals surface area contributed by atoms with Crippen LogP contribution in [0.5, 0.6) is 5.75 Å². The van der Waals surface area contributed by atoms with E-state index < -0.39 is 6.10 Å². The number of carbonyl (C=O) groups excluding carboxylic acids is 2. The Bertz CT molecular complexity index is 523. The molecular formula is C17H22N2O5. The normalized spacial score (nSPS) is 18.5. The van der Waals surface area contributed by atoms with E-state index >= 15 is 0 Å². The van der Waals surface area contributed by atoms with Crippen LogP contribution in [-0.2, 0) is 19.1 Å². The molecule has 1 aromatic rings. The molecule has 7 nitrogen and oxygen atoms in total. The molecule has 0 aromatic heterocycles. The number of nitrogens with zero attached hydrogens (tertiary/aromatic N) is 2. The lowest BCUT2D eigenvalue weighted by Gasteiger charge is -2.33. The number of carbonyl (C=O) groups is 2. The van der Waals surface area contributed by atoms with Crippen molar-refractivity contribution in [3.63, 3.8) is 0 Å². The van der Waals surface area contributed by atoms with Crippen LogP contribution >= 0.6 is 0 Å². The van der Waals surface area contributed by atoms with E-state index in [2.05, 4.69) is 0 Å². The highest BCUT2D eigenvalue weighted by molar-refractivity contribution is 6.03. The van der Waals surface area contributed by atoms with E-state index in [1.165, 1.54) is 0 Å². The highest BCUT2D eigenvalue weighted by Gasteiger charge is 2.37. The summed E-state index contributed by atoms with van der Waals surface area (Å²) in [5, 5.41) is 0. The molecule has 7 heteroatoms. The number of para-hydroxylation sites is 1. The molecule has 2 amide bonds. The molecule has 0 bridgehead atoms. The number of rotatable bonds is 4. The van der Waals surface area contributed by atoms with Crippen LogP contribution in [0.3, 0.4) is 0 Å². The molecule has 0 unspecified atom stereocenters. The maximum absolute atomic E-state index is 12.9. The first kappa shape index (κ1) is 16.7. The van der Waals surface area contributed by atoms with Gasteiger partial charge in [0.2, 0.25) is 0 Å². The molecule has 2 fully saturated rings. The molecule has 0 N–H and O–H groups in total. The standard InChI is InChI=1S/C17H22N2O5/c20-16(18-6-10-22-11-7-18)15(24-14-4-2-1-3-5-14)17(21)19-8-12-23-13-9-19/h1-5,15H,6-13H2. The van der Waals surface area contributed by atoms with Crippen LogP contribution in [0.2, 0.25) is 0 Å². The summed E-state index contributed by atoms with van der Waals surface area (Å²) in [5.74, 6) is -0.108. The van der Waals surface area contributed by atoms with Gasteiger partial charge >= 0.3 is 0 Å². The van der Waals surface area contributed by atoms with Crippen LogP contribution in [0, 0.1) is 0 Å². The van der Waals surface area contributed by atoms with E-state index in [4.69, 9.17) is 14.2 Å². The third kappa shape index (κ3) is 4.04. The third-order valence-electron chi connectivity index (χ3n) is 4.09. The summed E-state index contributed by atoms with van der Waals surface area (Å²) in [4.78, 5) is 29.0. The summed E-state index contributed by atoms with van der Waals surface area (Å²) in [6.07, 6.45) is -1.16. The van der Waals surface area contributed by atoms with Crippen molar-refractivity contribution in [2.24, 2.45) is 0 Å². The first-order chi connectivity index (χ1) is 11.8. The fraction of sp³-hybridized carbons (Fsp3) is 0.529. The molecule has 24 heavy (non-hydrogen) atoms. The highest BCUT2D eigenvalue weighted by atomic mass is 16.5. The molecule has 2 saturated heterocycles. The topological polar surface area (TPSA) is 68.3 Å². The summed E-state index contributed by atoms with van der Waals surface area (Å²) in [7, 11) is 0. The zero-order chi connectivity index (χ0) is 16.8. The smallest absolute Gasteiger partial charge is 0.273 e. The van der Waals surface area contributed by atoms with Gasteiger partial charge in [-0.15, -0.1) is 0 Å². The number of hydrogen-bond acceptors (Lipinski definition) is 5. The van der Waals surface area contributed by atoms with Crippen LogP contribution in [0.15, 0.2) is 30.3 Å². The minimum Gasteiger partial charge on any atom is -0.471 e. The largest absolute Gasteiger partial charge is 0.471 e. The van der Waals surface area contributed by atoms with Gasteiger partial charge in [0.25, 0.3) is 17.9 Å². The molecule has 0 aliphatic carbocycles. The van der Waals surface area contributed by atoms with Crippen molar-refractivity contribution < 1.29 is 23.8 Å². The Kier molecular flexibility index (Phi) is 5.66. The monoisotopic (exact) mass is 334 g/mol. The first-order valence-electron chi connectivity index (χ1n) is 8.20. The quantitative estimate of drug-likeness (QED) is 0.734. The second-order valence-corrected chi connectivity index (χ2v) is 5.69. The van der Waals surface area contributed by atoms with Crippen LogP contribution in [0.1, 0.15) is 0 Å². The van der Waals surface area contributed by atoms with Crippen molar-refractivity contribution in [1.82, 2.24) is 9.80 Å². The van der Waals surface area contributed by atoms with Gasteiger partial charge in [-0.1, -0.05) is 18.2 Å². The van der Waals surface area contributed by atoms with Gasteiger partial charge in [-0.2, -0.15) is 0 Å². The number of ether oxygens (including phenoxy) is 3. The SMILES string of the molecule is O=C(C(Oc1ccccc1)C(=O)N1CCOCC1)N1CCOCC1. The minimum absolute atomic E-state index is 0.307. The average molecular weight is 334 g/mol. The molecule has 0 atom stereocenters. The highest BCUT2D eigenvalue weighted by Crippen LogP contribution is 2.15. The summed E-state index contributed by atoms with van der Waals surface area (Å²) < 4.78 is 16.3. The van der Waals surface area contributed by atoms with Gasteiger partial charge in [0, 0.05) is 26.2 Å². The van der Waals surface area contributed by atoms with Crippen LogP contribution in [-0.4, -0.2) is 80.3 Å². The van der Waals surface area contributed by atoms with Gasteiger partial charge in [-0.3, -0.25) is 9.59 Å². The number of amides is 2. The second kappa shape index (κ2) is 8.12. The minimum atomic E-state index is -1.16. The Hall–Kier alpha value is -2.12. The Morgan fingerprint density at radius 1 is 0.833 bits per heavy atom. The van der Waals surface area contributed by atoms with Crippen molar-refractivity contribution >= 4 is 11.8 Å². The molecular weight excluding hydrogens is 312 g/mol. The van der Waals surface area contributed by atoms with Gasteiger partial charge in [0.05, 0.1) is 26.4 Å². The molecule has 130 valence electrons. The van der Waals surface area contributed by atoms with E-state index in [-0.39, 0.29) is 11.8 Å². The van der Waals surface area contributed by atoms with Gasteiger partial charge in [-0.05, 0) is 12.1 Å². The number of hydrogen-bond donors (Lipinski definition) is 0. The van der Waals surface area contributed by atoms with Crippen molar-refractivity contribution in [3.8, 4) is 5.75 Å². The van der Waals surface area contributed by atoms with E-state index in [1.807, 2.05) is 18.2 Å². The lowest BCUT2D eigenvalue weighted by molar-refractivity contribution is -0.156. The van der Waals surface area contributed by atoms with Crippen LogP contribution in [0.25, 0.3) is 0 Å². The molecule has 2 aliphatic heterocycles. The first-order valence-corrected chi connectivity index (χ1v) is 8.20. The lowest BCUT2D eigenvalue weighted by Crippen LogP contribution is -2.55. The van der Waals surface area contributed by atoms with Crippen LogP contribution < -0.4 is 4.74 Å². The molecule has 3 rings (SSSR count). The summed E-state index contributed by atoms with van der Waals surface area (Å²) in [6.45, 7) is 3.83. The summed E-state index contributed by atoms with van der Waals surface area (Å²) in [6, 6.07) is 8.96. The van der Waals surface area contributed by atoms with E-state index in [9.17, 15) is 9.59 Å².